The third kappa shape index (κ3) is 4.55. The first-order chi connectivity index (χ1) is 10.9. The van der Waals surface area contributed by atoms with Crippen LogP contribution in [0.3, 0.4) is 0 Å². The van der Waals surface area contributed by atoms with Crippen LogP contribution in [0.15, 0.2) is 36.8 Å². The van der Waals surface area contributed by atoms with Crippen LogP contribution in [0.5, 0.6) is 0 Å². The first-order valence-electron chi connectivity index (χ1n) is 7.58. The van der Waals surface area contributed by atoms with Crippen molar-refractivity contribution in [1.29, 1.82) is 0 Å². The van der Waals surface area contributed by atoms with Crippen molar-refractivity contribution in [1.82, 2.24) is 15.3 Å². The quantitative estimate of drug-likeness (QED) is 0.911. The number of nitrogens with zero attached hydrogens (tertiary/aromatic N) is 2. The van der Waals surface area contributed by atoms with E-state index in [9.17, 15) is 4.79 Å². The van der Waals surface area contributed by atoms with E-state index in [1.807, 2.05) is 30.7 Å². The van der Waals surface area contributed by atoms with Crippen molar-refractivity contribution < 1.29 is 4.79 Å². The lowest BCUT2D eigenvalue weighted by Crippen LogP contribution is -2.27. The second-order valence-corrected chi connectivity index (χ2v) is 7.28. The molecular formula is C18H23N3OS. The van der Waals surface area contributed by atoms with Crippen LogP contribution in [-0.4, -0.2) is 22.1 Å². The molecule has 0 spiro atoms. The van der Waals surface area contributed by atoms with Crippen LogP contribution in [0, 0.1) is 0 Å². The summed E-state index contributed by atoms with van der Waals surface area (Å²) in [6.45, 7) is 6.92. The lowest BCUT2D eigenvalue weighted by Gasteiger charge is -2.22. The number of hydrogen-bond acceptors (Lipinski definition) is 4. The van der Waals surface area contributed by atoms with E-state index in [0.717, 1.165) is 16.9 Å². The molecule has 23 heavy (non-hydrogen) atoms. The number of hydrogen-bond donors (Lipinski definition) is 1. The minimum Gasteiger partial charge on any atom is -0.347 e. The maximum atomic E-state index is 12.5. The zero-order valence-corrected chi connectivity index (χ0v) is 14.9. The summed E-state index contributed by atoms with van der Waals surface area (Å²) in [4.78, 5) is 20.9. The molecule has 2 aromatic rings. The molecule has 0 aliphatic heterocycles. The van der Waals surface area contributed by atoms with Crippen molar-refractivity contribution in [3.8, 4) is 0 Å². The molecule has 0 aliphatic carbocycles. The molecule has 0 atom stereocenters. The Labute approximate surface area is 142 Å². The van der Waals surface area contributed by atoms with Gasteiger partial charge < -0.3 is 5.32 Å². The van der Waals surface area contributed by atoms with Crippen LogP contribution in [0.1, 0.15) is 48.0 Å². The van der Waals surface area contributed by atoms with Gasteiger partial charge in [-0.25, -0.2) is 0 Å². The largest absolute Gasteiger partial charge is 0.347 e. The Morgan fingerprint density at radius 2 is 2.00 bits per heavy atom. The van der Waals surface area contributed by atoms with Crippen molar-refractivity contribution in [2.45, 2.75) is 38.5 Å². The van der Waals surface area contributed by atoms with Gasteiger partial charge in [0.2, 0.25) is 0 Å². The molecular weight excluding hydrogens is 306 g/mol. The van der Waals surface area contributed by atoms with Crippen molar-refractivity contribution in [3.63, 3.8) is 0 Å². The van der Waals surface area contributed by atoms with Gasteiger partial charge >= 0.3 is 0 Å². The first kappa shape index (κ1) is 17.5. The predicted molar refractivity (Wildman–Crippen MR) is 95.6 cm³/mol. The topological polar surface area (TPSA) is 54.9 Å². The summed E-state index contributed by atoms with van der Waals surface area (Å²) in [5, 5.41) is 2.98. The van der Waals surface area contributed by atoms with E-state index in [2.05, 4.69) is 36.1 Å². The Kier molecular flexibility index (Phi) is 5.77. The summed E-state index contributed by atoms with van der Waals surface area (Å²) in [5.41, 5.74) is 3.70. The number of carbonyl (C=O) groups excluding carboxylic acids is 1. The number of rotatable bonds is 5. The molecule has 0 saturated heterocycles. The second-order valence-electron chi connectivity index (χ2n) is 6.41. The van der Waals surface area contributed by atoms with Crippen LogP contribution >= 0.6 is 11.8 Å². The normalized spacial score (nSPS) is 11.3. The molecule has 2 heterocycles. The van der Waals surface area contributed by atoms with Gasteiger partial charge in [-0.3, -0.25) is 14.8 Å². The van der Waals surface area contributed by atoms with E-state index in [-0.39, 0.29) is 11.3 Å². The SMILES string of the molecule is CSCc1cccnc1C(=O)NCc1cnccc1C(C)(C)C. The highest BCUT2D eigenvalue weighted by atomic mass is 32.2. The highest BCUT2D eigenvalue weighted by molar-refractivity contribution is 7.97. The minimum atomic E-state index is -0.140. The average molecular weight is 329 g/mol. The summed E-state index contributed by atoms with van der Waals surface area (Å²) in [6.07, 6.45) is 7.28. The summed E-state index contributed by atoms with van der Waals surface area (Å²) < 4.78 is 0. The monoisotopic (exact) mass is 329 g/mol. The minimum absolute atomic E-state index is 0.0119. The third-order valence-electron chi connectivity index (χ3n) is 3.56. The number of pyridine rings is 2. The van der Waals surface area contributed by atoms with Crippen LogP contribution in [0.2, 0.25) is 0 Å². The van der Waals surface area contributed by atoms with E-state index in [1.165, 1.54) is 5.56 Å². The van der Waals surface area contributed by atoms with Crippen molar-refractivity contribution in [2.24, 2.45) is 0 Å². The van der Waals surface area contributed by atoms with Gasteiger partial charge in [-0.05, 0) is 40.5 Å². The molecule has 5 heteroatoms. The molecule has 1 N–H and O–H groups in total. The molecule has 0 unspecified atom stereocenters. The Morgan fingerprint density at radius 3 is 2.70 bits per heavy atom. The smallest absolute Gasteiger partial charge is 0.270 e. The summed E-state index contributed by atoms with van der Waals surface area (Å²) >= 11 is 1.68. The average Bonchev–Trinajstić information content (AvgIpc) is 2.53. The van der Waals surface area contributed by atoms with Gasteiger partial charge in [-0.1, -0.05) is 26.8 Å². The number of aromatic nitrogens is 2. The van der Waals surface area contributed by atoms with Crippen LogP contribution < -0.4 is 5.32 Å². The highest BCUT2D eigenvalue weighted by Gasteiger charge is 2.19. The van der Waals surface area contributed by atoms with Crippen molar-refractivity contribution in [2.75, 3.05) is 6.26 Å². The molecule has 0 bridgehead atoms. The highest BCUT2D eigenvalue weighted by Crippen LogP contribution is 2.25. The zero-order valence-electron chi connectivity index (χ0n) is 14.1. The van der Waals surface area contributed by atoms with E-state index in [4.69, 9.17) is 0 Å². The van der Waals surface area contributed by atoms with Gasteiger partial charge in [0.1, 0.15) is 5.69 Å². The molecule has 0 aliphatic rings. The molecule has 4 nitrogen and oxygen atoms in total. The third-order valence-corrected chi connectivity index (χ3v) is 4.16. The lowest BCUT2D eigenvalue weighted by atomic mass is 9.84. The van der Waals surface area contributed by atoms with E-state index in [0.29, 0.717) is 12.2 Å². The molecule has 2 rings (SSSR count). The Morgan fingerprint density at radius 1 is 1.22 bits per heavy atom. The molecule has 1 amide bonds. The Hall–Kier alpha value is -1.88. The van der Waals surface area contributed by atoms with Crippen LogP contribution in [0.4, 0.5) is 0 Å². The van der Waals surface area contributed by atoms with Gasteiger partial charge in [-0.15, -0.1) is 0 Å². The van der Waals surface area contributed by atoms with E-state index in [1.54, 1.807) is 24.2 Å². The number of nitrogens with one attached hydrogen (secondary N) is 1. The number of carbonyl (C=O) groups is 1. The molecule has 0 aromatic carbocycles. The van der Waals surface area contributed by atoms with Gasteiger partial charge in [0.15, 0.2) is 0 Å². The van der Waals surface area contributed by atoms with Crippen molar-refractivity contribution >= 4 is 17.7 Å². The fourth-order valence-electron chi connectivity index (χ4n) is 2.47. The van der Waals surface area contributed by atoms with Crippen LogP contribution in [0.25, 0.3) is 0 Å². The van der Waals surface area contributed by atoms with Gasteiger partial charge in [0.05, 0.1) is 0 Å². The second kappa shape index (κ2) is 7.59. The Bertz CT molecular complexity index is 680. The van der Waals surface area contributed by atoms with Crippen LogP contribution in [-0.2, 0) is 17.7 Å². The fourth-order valence-corrected chi connectivity index (χ4v) is 3.02. The molecule has 0 saturated carbocycles. The first-order valence-corrected chi connectivity index (χ1v) is 8.97. The maximum Gasteiger partial charge on any atom is 0.270 e. The number of thioether (sulfide) groups is 1. The van der Waals surface area contributed by atoms with E-state index < -0.39 is 0 Å². The molecule has 0 radical (unpaired) electrons. The number of amides is 1. The molecule has 122 valence electrons. The predicted octanol–water partition coefficient (Wildman–Crippen LogP) is 3.57. The Balaban J connectivity index is 2.15. The lowest BCUT2D eigenvalue weighted by molar-refractivity contribution is 0.0945. The summed E-state index contributed by atoms with van der Waals surface area (Å²) in [5.74, 6) is 0.634. The van der Waals surface area contributed by atoms with Crippen molar-refractivity contribution in [3.05, 3.63) is 59.2 Å². The summed E-state index contributed by atoms with van der Waals surface area (Å²) in [6, 6.07) is 5.83. The standard InChI is InChI=1S/C18H23N3OS/c1-18(2,3)15-7-9-19-10-14(15)11-21-17(22)16-13(12-23-4)6-5-8-20-16/h5-10H,11-12H2,1-4H3,(H,21,22). The summed E-state index contributed by atoms with van der Waals surface area (Å²) in [7, 11) is 0. The van der Waals surface area contributed by atoms with Gasteiger partial charge in [-0.2, -0.15) is 11.8 Å². The fraction of sp³-hybridized carbons (Fsp3) is 0.389. The zero-order chi connectivity index (χ0) is 16.9. The van der Waals surface area contributed by atoms with E-state index >= 15 is 0 Å². The van der Waals surface area contributed by atoms with Gasteiger partial charge in [0, 0.05) is 30.9 Å². The van der Waals surface area contributed by atoms with Gasteiger partial charge in [0.25, 0.3) is 5.91 Å². The molecule has 2 aromatic heterocycles. The maximum absolute atomic E-state index is 12.5. The molecule has 0 fully saturated rings.